The summed E-state index contributed by atoms with van der Waals surface area (Å²) < 4.78 is 12.1. The third kappa shape index (κ3) is 8.17. The Labute approximate surface area is 137 Å². The van der Waals surface area contributed by atoms with Crippen LogP contribution in [0.2, 0.25) is 0 Å². The zero-order valence-corrected chi connectivity index (χ0v) is 14.6. The molecule has 124 valence electrons. The summed E-state index contributed by atoms with van der Waals surface area (Å²) in [5, 5.41) is 6.49. The Bertz CT molecular complexity index is 448. The highest BCUT2D eigenvalue weighted by Crippen LogP contribution is 2.04. The van der Waals surface area contributed by atoms with Crippen molar-refractivity contribution in [3.8, 4) is 0 Å². The highest BCUT2D eigenvalue weighted by Gasteiger charge is 2.03. The van der Waals surface area contributed by atoms with Crippen molar-refractivity contribution in [1.82, 2.24) is 10.6 Å². The van der Waals surface area contributed by atoms with Crippen LogP contribution in [0.25, 0.3) is 0 Å². The molecular weight excluding hydrogens is 294 g/mol. The molecule has 0 saturated heterocycles. The fourth-order valence-electron chi connectivity index (χ4n) is 2.02. The molecule has 0 spiro atoms. The third-order valence-electron chi connectivity index (χ3n) is 3.21. The van der Waals surface area contributed by atoms with E-state index in [2.05, 4.69) is 29.5 Å². The van der Waals surface area contributed by atoms with Gasteiger partial charge in [0.1, 0.15) is 0 Å². The maximum Gasteiger partial charge on any atom is 0.191 e. The number of rotatable bonds is 10. The van der Waals surface area contributed by atoms with Gasteiger partial charge in [0.25, 0.3) is 0 Å². The second-order valence-corrected chi connectivity index (χ2v) is 6.68. The number of benzene rings is 1. The van der Waals surface area contributed by atoms with Crippen molar-refractivity contribution in [3.05, 3.63) is 30.3 Å². The molecule has 1 unspecified atom stereocenters. The van der Waals surface area contributed by atoms with E-state index in [4.69, 9.17) is 0 Å². The Hall–Kier alpha value is -1.36. The average molecular weight is 324 g/mol. The summed E-state index contributed by atoms with van der Waals surface area (Å²) in [6.45, 7) is 6.60. The Morgan fingerprint density at radius 3 is 2.55 bits per heavy atom. The quantitative estimate of drug-likeness (QED) is 0.395. The van der Waals surface area contributed by atoms with Crippen molar-refractivity contribution in [3.63, 3.8) is 0 Å². The molecule has 1 rings (SSSR count). The number of nitrogens with one attached hydrogen (secondary N) is 2. The van der Waals surface area contributed by atoms with Crippen LogP contribution in [-0.2, 0) is 10.8 Å². The van der Waals surface area contributed by atoms with Crippen molar-refractivity contribution in [2.45, 2.75) is 44.4 Å². The van der Waals surface area contributed by atoms with Gasteiger partial charge in [0.2, 0.25) is 0 Å². The summed E-state index contributed by atoms with van der Waals surface area (Å²) in [7, 11) is -0.959. The summed E-state index contributed by atoms with van der Waals surface area (Å²) in [6.07, 6.45) is 4.88. The second kappa shape index (κ2) is 12.2. The van der Waals surface area contributed by atoms with Gasteiger partial charge in [-0.05, 0) is 25.5 Å². The minimum atomic E-state index is -0.959. The smallest absolute Gasteiger partial charge is 0.191 e. The largest absolute Gasteiger partial charge is 0.357 e. The average Bonchev–Trinajstić information content (AvgIpc) is 2.55. The van der Waals surface area contributed by atoms with Crippen molar-refractivity contribution in [2.24, 2.45) is 4.99 Å². The van der Waals surface area contributed by atoms with Gasteiger partial charge < -0.3 is 10.6 Å². The van der Waals surface area contributed by atoms with E-state index in [0.717, 1.165) is 30.4 Å². The van der Waals surface area contributed by atoms with Gasteiger partial charge in [-0.25, -0.2) is 0 Å². The number of unbranched alkanes of at least 4 members (excludes halogenated alkanes) is 3. The maximum atomic E-state index is 12.1. The molecule has 0 fully saturated rings. The molecule has 4 nitrogen and oxygen atoms in total. The molecule has 0 aliphatic rings. The van der Waals surface area contributed by atoms with E-state index in [1.165, 1.54) is 19.3 Å². The number of guanidine groups is 1. The number of hydrogen-bond donors (Lipinski definition) is 2. The summed E-state index contributed by atoms with van der Waals surface area (Å²) >= 11 is 0. The fraction of sp³-hybridized carbons (Fsp3) is 0.588. The van der Waals surface area contributed by atoms with Gasteiger partial charge in [-0.15, -0.1) is 0 Å². The Kier molecular flexibility index (Phi) is 10.4. The fourth-order valence-corrected chi connectivity index (χ4v) is 3.01. The first-order valence-electron chi connectivity index (χ1n) is 8.23. The van der Waals surface area contributed by atoms with Gasteiger partial charge in [-0.2, -0.15) is 0 Å². The minimum Gasteiger partial charge on any atom is -0.357 e. The van der Waals surface area contributed by atoms with E-state index < -0.39 is 10.8 Å². The Morgan fingerprint density at radius 1 is 1.09 bits per heavy atom. The molecule has 0 aliphatic carbocycles. The normalized spacial score (nSPS) is 12.9. The molecule has 0 aromatic heterocycles. The van der Waals surface area contributed by atoms with Crippen molar-refractivity contribution in [2.75, 3.05) is 25.4 Å². The molecule has 1 atom stereocenters. The van der Waals surface area contributed by atoms with Crippen LogP contribution in [0.3, 0.4) is 0 Å². The van der Waals surface area contributed by atoms with E-state index in [1.54, 1.807) is 0 Å². The van der Waals surface area contributed by atoms with Gasteiger partial charge in [-0.3, -0.25) is 9.20 Å². The standard InChI is InChI=1S/C17H29N3OS/c1-3-5-6-10-13-19-17(18-4-2)20-14-15-22(21)16-11-8-7-9-12-16/h7-9,11-12H,3-6,10,13-15H2,1-2H3,(H2,18,19,20). The summed E-state index contributed by atoms with van der Waals surface area (Å²) in [5.74, 6) is 1.41. The summed E-state index contributed by atoms with van der Waals surface area (Å²) in [5.41, 5.74) is 0. The van der Waals surface area contributed by atoms with E-state index in [-0.39, 0.29) is 0 Å². The third-order valence-corrected chi connectivity index (χ3v) is 4.58. The van der Waals surface area contributed by atoms with Crippen molar-refractivity contribution in [1.29, 1.82) is 0 Å². The van der Waals surface area contributed by atoms with Crippen LogP contribution in [-0.4, -0.2) is 35.6 Å². The monoisotopic (exact) mass is 323 g/mol. The molecule has 0 radical (unpaired) electrons. The molecule has 0 saturated carbocycles. The summed E-state index contributed by atoms with van der Waals surface area (Å²) in [4.78, 5) is 5.43. The predicted octanol–water partition coefficient (Wildman–Crippen LogP) is 2.93. The number of hydrogen-bond acceptors (Lipinski definition) is 2. The predicted molar refractivity (Wildman–Crippen MR) is 95.8 cm³/mol. The lowest BCUT2D eigenvalue weighted by Gasteiger charge is -2.11. The van der Waals surface area contributed by atoms with Crippen LogP contribution in [0.5, 0.6) is 0 Å². The zero-order chi connectivity index (χ0) is 16.0. The minimum absolute atomic E-state index is 0.588. The first kappa shape index (κ1) is 18.7. The highest BCUT2D eigenvalue weighted by atomic mass is 32.2. The second-order valence-electron chi connectivity index (χ2n) is 5.11. The van der Waals surface area contributed by atoms with Crippen molar-refractivity contribution >= 4 is 16.8 Å². The van der Waals surface area contributed by atoms with Gasteiger partial charge in [-0.1, -0.05) is 44.4 Å². The van der Waals surface area contributed by atoms with Gasteiger partial charge in [0, 0.05) is 30.3 Å². The van der Waals surface area contributed by atoms with Crippen LogP contribution in [0.4, 0.5) is 0 Å². The van der Waals surface area contributed by atoms with Crippen LogP contribution < -0.4 is 10.6 Å². The lowest BCUT2D eigenvalue weighted by Crippen LogP contribution is -2.39. The van der Waals surface area contributed by atoms with E-state index >= 15 is 0 Å². The molecule has 22 heavy (non-hydrogen) atoms. The van der Waals surface area contributed by atoms with Crippen LogP contribution in [0.1, 0.15) is 39.5 Å². The molecule has 1 aromatic rings. The number of nitrogens with zero attached hydrogens (tertiary/aromatic N) is 1. The van der Waals surface area contributed by atoms with Gasteiger partial charge in [0.15, 0.2) is 5.96 Å². The Balaban J connectivity index is 2.31. The first-order chi connectivity index (χ1) is 10.8. The van der Waals surface area contributed by atoms with Gasteiger partial charge in [0.05, 0.1) is 10.8 Å². The lowest BCUT2D eigenvalue weighted by atomic mass is 10.2. The van der Waals surface area contributed by atoms with E-state index in [0.29, 0.717) is 12.3 Å². The zero-order valence-electron chi connectivity index (χ0n) is 13.8. The molecule has 0 heterocycles. The maximum absolute atomic E-state index is 12.1. The highest BCUT2D eigenvalue weighted by molar-refractivity contribution is 7.85. The molecule has 0 bridgehead atoms. The van der Waals surface area contributed by atoms with Crippen molar-refractivity contribution < 1.29 is 4.21 Å². The van der Waals surface area contributed by atoms with Gasteiger partial charge >= 0.3 is 0 Å². The molecule has 5 heteroatoms. The molecule has 1 aromatic carbocycles. The van der Waals surface area contributed by atoms with Crippen LogP contribution in [0.15, 0.2) is 40.2 Å². The topological polar surface area (TPSA) is 53.5 Å². The molecule has 0 amide bonds. The molecular formula is C17H29N3OS. The SMILES string of the molecule is CCCCCCN=C(NCC)NCCS(=O)c1ccccc1. The Morgan fingerprint density at radius 2 is 1.86 bits per heavy atom. The van der Waals surface area contributed by atoms with E-state index in [9.17, 15) is 4.21 Å². The summed E-state index contributed by atoms with van der Waals surface area (Å²) in [6, 6.07) is 9.59. The van der Waals surface area contributed by atoms with Crippen LogP contribution >= 0.6 is 0 Å². The first-order valence-corrected chi connectivity index (χ1v) is 9.55. The molecule has 0 aliphatic heterocycles. The van der Waals surface area contributed by atoms with Crippen LogP contribution in [0, 0.1) is 0 Å². The lowest BCUT2D eigenvalue weighted by molar-refractivity contribution is 0.670. The van der Waals surface area contributed by atoms with E-state index in [1.807, 2.05) is 30.3 Å². The molecule has 2 N–H and O–H groups in total. The number of aliphatic imine (C=N–C) groups is 1.